The largest absolute Gasteiger partial charge is 0.382 e. The molecular weight excluding hydrogens is 364 g/mol. The molecule has 2 aromatic heterocycles. The van der Waals surface area contributed by atoms with Crippen molar-refractivity contribution in [3.63, 3.8) is 0 Å². The first-order chi connectivity index (χ1) is 13.0. The molecule has 0 spiro atoms. The summed E-state index contributed by atoms with van der Waals surface area (Å²) in [6.45, 7) is 2.00. The standard InChI is InChI=1S/C19H21ClN6O/c1-12-6-5-7-13(10-12)23-17(27)19(8-3-2-4-9-19)26-11-22-14-15(21)24-18(20)25-16(14)26/h5-7,10-11H,2-4,8-9H2,1H3,(H,23,27)(H2,21,24,25). The highest BCUT2D eigenvalue weighted by Crippen LogP contribution is 2.38. The summed E-state index contributed by atoms with van der Waals surface area (Å²) in [6.07, 6.45) is 6.05. The Bertz CT molecular complexity index is 1010. The van der Waals surface area contributed by atoms with E-state index in [1.54, 1.807) is 6.33 Å². The van der Waals surface area contributed by atoms with Crippen LogP contribution in [0, 0.1) is 6.92 Å². The van der Waals surface area contributed by atoms with Gasteiger partial charge in [0, 0.05) is 5.69 Å². The third-order valence-corrected chi connectivity index (χ3v) is 5.41. The highest BCUT2D eigenvalue weighted by atomic mass is 35.5. The lowest BCUT2D eigenvalue weighted by molar-refractivity contribution is -0.126. The average Bonchev–Trinajstić information content (AvgIpc) is 3.07. The van der Waals surface area contributed by atoms with Crippen molar-refractivity contribution in [2.75, 3.05) is 11.1 Å². The average molecular weight is 385 g/mol. The van der Waals surface area contributed by atoms with Crippen LogP contribution in [0.5, 0.6) is 0 Å². The number of benzene rings is 1. The molecule has 1 fully saturated rings. The molecular formula is C19H21ClN6O. The topological polar surface area (TPSA) is 98.7 Å². The number of carbonyl (C=O) groups excluding carboxylic acids is 1. The quantitative estimate of drug-likeness (QED) is 0.671. The first-order valence-corrected chi connectivity index (χ1v) is 9.42. The van der Waals surface area contributed by atoms with E-state index in [2.05, 4.69) is 20.3 Å². The lowest BCUT2D eigenvalue weighted by Gasteiger charge is -2.37. The lowest BCUT2D eigenvalue weighted by Crippen LogP contribution is -2.46. The smallest absolute Gasteiger partial charge is 0.250 e. The van der Waals surface area contributed by atoms with E-state index in [1.165, 1.54) is 0 Å². The van der Waals surface area contributed by atoms with Gasteiger partial charge >= 0.3 is 0 Å². The van der Waals surface area contributed by atoms with Crippen LogP contribution >= 0.6 is 11.6 Å². The van der Waals surface area contributed by atoms with E-state index in [-0.39, 0.29) is 17.0 Å². The van der Waals surface area contributed by atoms with Gasteiger partial charge in [-0.1, -0.05) is 31.4 Å². The fourth-order valence-electron chi connectivity index (χ4n) is 3.89. The lowest BCUT2D eigenvalue weighted by atomic mass is 9.80. The zero-order valence-electron chi connectivity index (χ0n) is 15.1. The number of nitrogens with two attached hydrogens (primary N) is 1. The van der Waals surface area contributed by atoms with Gasteiger partial charge in [0.25, 0.3) is 5.91 Å². The van der Waals surface area contributed by atoms with Crippen molar-refractivity contribution in [1.29, 1.82) is 0 Å². The van der Waals surface area contributed by atoms with Gasteiger partial charge in [-0.2, -0.15) is 9.97 Å². The third kappa shape index (κ3) is 3.12. The van der Waals surface area contributed by atoms with E-state index in [0.29, 0.717) is 24.0 Å². The van der Waals surface area contributed by atoms with Crippen LogP contribution in [0.2, 0.25) is 5.28 Å². The number of anilines is 2. The van der Waals surface area contributed by atoms with E-state index in [1.807, 2.05) is 35.8 Å². The molecule has 0 saturated heterocycles. The summed E-state index contributed by atoms with van der Waals surface area (Å²) in [4.78, 5) is 26.1. The first kappa shape index (κ1) is 17.7. The molecule has 1 aliphatic carbocycles. The molecule has 2 heterocycles. The van der Waals surface area contributed by atoms with Crippen molar-refractivity contribution in [3.05, 3.63) is 41.4 Å². The maximum atomic E-state index is 13.4. The van der Waals surface area contributed by atoms with Crippen LogP contribution in [0.25, 0.3) is 11.2 Å². The second kappa shape index (κ2) is 6.81. The van der Waals surface area contributed by atoms with Gasteiger partial charge in [-0.3, -0.25) is 9.36 Å². The normalized spacial score (nSPS) is 16.4. The number of amides is 1. The van der Waals surface area contributed by atoms with Gasteiger partial charge in [-0.25, -0.2) is 4.98 Å². The minimum absolute atomic E-state index is 0.0480. The molecule has 1 aliphatic rings. The fourth-order valence-corrected chi connectivity index (χ4v) is 4.06. The summed E-state index contributed by atoms with van der Waals surface area (Å²) in [7, 11) is 0. The van der Waals surface area contributed by atoms with Crippen molar-refractivity contribution in [1.82, 2.24) is 19.5 Å². The van der Waals surface area contributed by atoms with Crippen molar-refractivity contribution in [2.24, 2.45) is 0 Å². The van der Waals surface area contributed by atoms with E-state index in [4.69, 9.17) is 17.3 Å². The summed E-state index contributed by atoms with van der Waals surface area (Å²) < 4.78 is 1.83. The van der Waals surface area contributed by atoms with Gasteiger partial charge in [0.05, 0.1) is 6.33 Å². The summed E-state index contributed by atoms with van der Waals surface area (Å²) in [5.41, 5.74) is 8.00. The zero-order valence-corrected chi connectivity index (χ0v) is 15.8. The Labute approximate surface area is 162 Å². The number of carbonyl (C=O) groups is 1. The second-order valence-electron chi connectivity index (χ2n) is 7.08. The van der Waals surface area contributed by atoms with Gasteiger partial charge in [-0.15, -0.1) is 0 Å². The SMILES string of the molecule is Cc1cccc(NC(=O)C2(n3cnc4c(N)nc(Cl)nc43)CCCCC2)c1. The molecule has 7 nitrogen and oxygen atoms in total. The van der Waals surface area contributed by atoms with Crippen LogP contribution in [0.15, 0.2) is 30.6 Å². The minimum Gasteiger partial charge on any atom is -0.382 e. The van der Waals surface area contributed by atoms with Crippen molar-refractivity contribution in [2.45, 2.75) is 44.6 Å². The number of aromatic nitrogens is 4. The van der Waals surface area contributed by atoms with Gasteiger partial charge in [0.2, 0.25) is 5.28 Å². The molecule has 1 saturated carbocycles. The summed E-state index contributed by atoms with van der Waals surface area (Å²) in [5.74, 6) is 0.147. The molecule has 8 heteroatoms. The molecule has 1 amide bonds. The van der Waals surface area contributed by atoms with Gasteiger partial charge in [0.15, 0.2) is 11.5 Å². The van der Waals surface area contributed by atoms with Gasteiger partial charge in [0.1, 0.15) is 11.1 Å². The van der Waals surface area contributed by atoms with Crippen LogP contribution in [-0.4, -0.2) is 25.4 Å². The Balaban J connectivity index is 1.80. The van der Waals surface area contributed by atoms with Crippen LogP contribution in [0.1, 0.15) is 37.7 Å². The number of aryl methyl sites for hydroxylation is 1. The van der Waals surface area contributed by atoms with Crippen LogP contribution < -0.4 is 11.1 Å². The Morgan fingerprint density at radius 3 is 2.78 bits per heavy atom. The van der Waals surface area contributed by atoms with Crippen LogP contribution in [0.4, 0.5) is 11.5 Å². The zero-order chi connectivity index (χ0) is 19.0. The predicted molar refractivity (Wildman–Crippen MR) is 106 cm³/mol. The van der Waals surface area contributed by atoms with Gasteiger partial charge in [-0.05, 0) is 49.1 Å². The molecule has 1 aromatic carbocycles. The highest BCUT2D eigenvalue weighted by molar-refractivity contribution is 6.28. The number of nitrogens with zero attached hydrogens (tertiary/aromatic N) is 4. The first-order valence-electron chi connectivity index (χ1n) is 9.04. The molecule has 0 atom stereocenters. The Kier molecular flexibility index (Phi) is 4.47. The molecule has 140 valence electrons. The van der Waals surface area contributed by atoms with Crippen LogP contribution in [-0.2, 0) is 10.3 Å². The molecule has 0 radical (unpaired) electrons. The minimum atomic E-state index is -0.777. The monoisotopic (exact) mass is 384 g/mol. The Morgan fingerprint density at radius 2 is 2.04 bits per heavy atom. The number of nitrogens with one attached hydrogen (secondary N) is 1. The molecule has 4 rings (SSSR count). The van der Waals surface area contributed by atoms with E-state index < -0.39 is 5.54 Å². The van der Waals surface area contributed by atoms with E-state index in [9.17, 15) is 4.79 Å². The number of imidazole rings is 1. The Hall–Kier alpha value is -2.67. The molecule has 0 unspecified atom stereocenters. The third-order valence-electron chi connectivity index (χ3n) is 5.24. The van der Waals surface area contributed by atoms with Gasteiger partial charge < -0.3 is 11.1 Å². The molecule has 0 aliphatic heterocycles. The van der Waals surface area contributed by atoms with E-state index >= 15 is 0 Å². The number of rotatable bonds is 3. The summed E-state index contributed by atoms with van der Waals surface area (Å²) >= 11 is 6.02. The van der Waals surface area contributed by atoms with Crippen molar-refractivity contribution in [3.8, 4) is 0 Å². The fraction of sp³-hybridized carbons (Fsp3) is 0.368. The highest BCUT2D eigenvalue weighted by Gasteiger charge is 2.42. The number of nitrogen functional groups attached to an aromatic ring is 1. The van der Waals surface area contributed by atoms with Crippen molar-refractivity contribution < 1.29 is 4.79 Å². The number of halogens is 1. The molecule has 0 bridgehead atoms. The summed E-state index contributed by atoms with van der Waals surface area (Å²) in [5, 5.41) is 3.13. The molecule has 3 aromatic rings. The second-order valence-corrected chi connectivity index (χ2v) is 7.42. The summed E-state index contributed by atoms with van der Waals surface area (Å²) in [6, 6.07) is 7.78. The molecule has 27 heavy (non-hydrogen) atoms. The van der Waals surface area contributed by atoms with Crippen molar-refractivity contribution >= 4 is 40.2 Å². The van der Waals surface area contributed by atoms with Crippen LogP contribution in [0.3, 0.4) is 0 Å². The number of hydrogen-bond acceptors (Lipinski definition) is 5. The maximum absolute atomic E-state index is 13.4. The number of hydrogen-bond donors (Lipinski definition) is 2. The number of fused-ring (bicyclic) bond motifs is 1. The maximum Gasteiger partial charge on any atom is 0.250 e. The molecule has 3 N–H and O–H groups in total. The predicted octanol–water partition coefficient (Wildman–Crippen LogP) is 3.67. The van der Waals surface area contributed by atoms with E-state index in [0.717, 1.165) is 30.5 Å². The Morgan fingerprint density at radius 1 is 1.26 bits per heavy atom.